The van der Waals surface area contributed by atoms with E-state index in [9.17, 15) is 0 Å². The average molecular weight is 188 g/mol. The standard InChI is InChI=1S/C10H12N4/c1-2-11-10-12-9(13-14-10)8-6-4-3-5-7-8/h3-7H,2H2,1H3,(H2,11,12,13,14). The Morgan fingerprint density at radius 2 is 2.07 bits per heavy atom. The number of hydrogen-bond donors (Lipinski definition) is 2. The molecule has 0 aliphatic heterocycles. The summed E-state index contributed by atoms with van der Waals surface area (Å²) in [5.74, 6) is 1.44. The lowest BCUT2D eigenvalue weighted by Crippen LogP contribution is -1.97. The second-order valence-corrected chi connectivity index (χ2v) is 2.90. The Hall–Kier alpha value is -1.84. The minimum Gasteiger partial charge on any atom is -0.353 e. The molecule has 1 aromatic carbocycles. The van der Waals surface area contributed by atoms with Crippen molar-refractivity contribution in [1.29, 1.82) is 0 Å². The van der Waals surface area contributed by atoms with Gasteiger partial charge in [-0.3, -0.25) is 5.10 Å². The van der Waals surface area contributed by atoms with Crippen molar-refractivity contribution in [1.82, 2.24) is 15.2 Å². The number of hydrogen-bond acceptors (Lipinski definition) is 3. The van der Waals surface area contributed by atoms with E-state index in [0.717, 1.165) is 17.9 Å². The summed E-state index contributed by atoms with van der Waals surface area (Å²) in [6.45, 7) is 2.84. The van der Waals surface area contributed by atoms with E-state index in [1.807, 2.05) is 37.3 Å². The van der Waals surface area contributed by atoms with Crippen molar-refractivity contribution in [3.05, 3.63) is 30.3 Å². The van der Waals surface area contributed by atoms with Crippen LogP contribution in [-0.2, 0) is 0 Å². The summed E-state index contributed by atoms with van der Waals surface area (Å²) in [6.07, 6.45) is 0. The summed E-state index contributed by atoms with van der Waals surface area (Å²) >= 11 is 0. The molecule has 0 amide bonds. The second-order valence-electron chi connectivity index (χ2n) is 2.90. The molecule has 0 bridgehead atoms. The average Bonchev–Trinajstić information content (AvgIpc) is 2.68. The third-order valence-electron chi connectivity index (χ3n) is 1.87. The van der Waals surface area contributed by atoms with Gasteiger partial charge in [-0.1, -0.05) is 30.3 Å². The van der Waals surface area contributed by atoms with Crippen molar-refractivity contribution in [3.8, 4) is 11.4 Å². The minimum absolute atomic E-state index is 0.645. The Bertz CT molecular complexity index is 394. The van der Waals surface area contributed by atoms with E-state index in [-0.39, 0.29) is 0 Å². The van der Waals surface area contributed by atoms with E-state index in [1.165, 1.54) is 0 Å². The number of aromatic nitrogens is 3. The molecule has 4 nitrogen and oxygen atoms in total. The van der Waals surface area contributed by atoms with E-state index in [2.05, 4.69) is 20.5 Å². The third-order valence-corrected chi connectivity index (χ3v) is 1.87. The number of nitrogens with one attached hydrogen (secondary N) is 2. The zero-order chi connectivity index (χ0) is 9.80. The van der Waals surface area contributed by atoms with Gasteiger partial charge < -0.3 is 5.32 Å². The second kappa shape index (κ2) is 3.91. The van der Waals surface area contributed by atoms with Crippen LogP contribution >= 0.6 is 0 Å². The highest BCUT2D eigenvalue weighted by Crippen LogP contribution is 2.14. The van der Waals surface area contributed by atoms with Crippen molar-refractivity contribution in [2.45, 2.75) is 6.92 Å². The van der Waals surface area contributed by atoms with Crippen LogP contribution in [0.2, 0.25) is 0 Å². The number of anilines is 1. The highest BCUT2D eigenvalue weighted by molar-refractivity contribution is 5.55. The van der Waals surface area contributed by atoms with E-state index < -0.39 is 0 Å². The fourth-order valence-corrected chi connectivity index (χ4v) is 1.22. The van der Waals surface area contributed by atoms with Gasteiger partial charge in [-0.25, -0.2) is 0 Å². The summed E-state index contributed by atoms with van der Waals surface area (Å²) in [6, 6.07) is 9.92. The molecule has 14 heavy (non-hydrogen) atoms. The molecule has 0 fully saturated rings. The van der Waals surface area contributed by atoms with Crippen LogP contribution < -0.4 is 5.32 Å². The lowest BCUT2D eigenvalue weighted by atomic mass is 10.2. The Labute approximate surface area is 82.4 Å². The summed E-state index contributed by atoms with van der Waals surface area (Å²) < 4.78 is 0. The highest BCUT2D eigenvalue weighted by atomic mass is 15.3. The van der Waals surface area contributed by atoms with Crippen LogP contribution in [0.25, 0.3) is 11.4 Å². The quantitative estimate of drug-likeness (QED) is 0.773. The highest BCUT2D eigenvalue weighted by Gasteiger charge is 2.02. The smallest absolute Gasteiger partial charge is 0.242 e. The van der Waals surface area contributed by atoms with Gasteiger partial charge in [0.2, 0.25) is 5.95 Å². The Kier molecular flexibility index (Phi) is 2.44. The third kappa shape index (κ3) is 1.74. The van der Waals surface area contributed by atoms with Crippen molar-refractivity contribution >= 4 is 5.95 Å². The maximum Gasteiger partial charge on any atom is 0.242 e. The first-order chi connectivity index (χ1) is 6.90. The van der Waals surface area contributed by atoms with Crippen LogP contribution in [0.15, 0.2) is 30.3 Å². The topological polar surface area (TPSA) is 53.6 Å². The van der Waals surface area contributed by atoms with Crippen LogP contribution in [0.3, 0.4) is 0 Å². The first-order valence-corrected chi connectivity index (χ1v) is 4.62. The molecule has 72 valence electrons. The molecule has 2 N–H and O–H groups in total. The van der Waals surface area contributed by atoms with Crippen molar-refractivity contribution < 1.29 is 0 Å². The fraction of sp³-hybridized carbons (Fsp3) is 0.200. The van der Waals surface area contributed by atoms with Crippen molar-refractivity contribution in [3.63, 3.8) is 0 Å². The molecule has 2 rings (SSSR count). The van der Waals surface area contributed by atoms with Crippen molar-refractivity contribution in [2.75, 3.05) is 11.9 Å². The number of aromatic amines is 1. The maximum atomic E-state index is 4.29. The van der Waals surface area contributed by atoms with Gasteiger partial charge in [0.1, 0.15) is 0 Å². The first-order valence-electron chi connectivity index (χ1n) is 4.62. The zero-order valence-electron chi connectivity index (χ0n) is 7.99. The van der Waals surface area contributed by atoms with Crippen LogP contribution in [0.4, 0.5) is 5.95 Å². The van der Waals surface area contributed by atoms with Crippen LogP contribution in [-0.4, -0.2) is 21.7 Å². The monoisotopic (exact) mass is 188 g/mol. The molecule has 4 heteroatoms. The number of benzene rings is 1. The summed E-state index contributed by atoms with van der Waals surface area (Å²) in [5.41, 5.74) is 1.05. The van der Waals surface area contributed by atoms with Gasteiger partial charge >= 0.3 is 0 Å². The van der Waals surface area contributed by atoms with E-state index in [0.29, 0.717) is 5.95 Å². The van der Waals surface area contributed by atoms with Crippen molar-refractivity contribution in [2.24, 2.45) is 0 Å². The molecule has 0 atom stereocenters. The molecule has 0 spiro atoms. The zero-order valence-corrected chi connectivity index (χ0v) is 7.99. The van der Waals surface area contributed by atoms with Gasteiger partial charge in [-0.05, 0) is 6.92 Å². The number of rotatable bonds is 3. The van der Waals surface area contributed by atoms with E-state index >= 15 is 0 Å². The predicted octanol–water partition coefficient (Wildman–Crippen LogP) is 1.90. The number of H-pyrrole nitrogens is 1. The minimum atomic E-state index is 0.645. The van der Waals surface area contributed by atoms with E-state index in [4.69, 9.17) is 0 Å². The summed E-state index contributed by atoms with van der Waals surface area (Å²) in [7, 11) is 0. The predicted molar refractivity (Wildman–Crippen MR) is 56.0 cm³/mol. The largest absolute Gasteiger partial charge is 0.353 e. The van der Waals surface area contributed by atoms with Gasteiger partial charge in [0, 0.05) is 12.1 Å². The Morgan fingerprint density at radius 1 is 1.29 bits per heavy atom. The molecular weight excluding hydrogens is 176 g/mol. The Balaban J connectivity index is 2.25. The summed E-state index contributed by atoms with van der Waals surface area (Å²) in [4.78, 5) is 4.29. The molecule has 2 aromatic rings. The molecule has 0 radical (unpaired) electrons. The van der Waals surface area contributed by atoms with Gasteiger partial charge in [0.15, 0.2) is 5.82 Å². The Morgan fingerprint density at radius 3 is 2.79 bits per heavy atom. The van der Waals surface area contributed by atoms with Gasteiger partial charge in [0.05, 0.1) is 0 Å². The molecule has 0 saturated carbocycles. The lowest BCUT2D eigenvalue weighted by molar-refractivity contribution is 1.06. The molecule has 0 saturated heterocycles. The molecule has 0 unspecified atom stereocenters. The maximum absolute atomic E-state index is 4.29. The first kappa shape index (κ1) is 8.74. The lowest BCUT2D eigenvalue weighted by Gasteiger charge is -1.93. The van der Waals surface area contributed by atoms with Crippen LogP contribution in [0.1, 0.15) is 6.92 Å². The fourth-order valence-electron chi connectivity index (χ4n) is 1.22. The van der Waals surface area contributed by atoms with E-state index in [1.54, 1.807) is 0 Å². The molecule has 0 aliphatic carbocycles. The van der Waals surface area contributed by atoms with Crippen LogP contribution in [0, 0.1) is 0 Å². The molecule has 1 heterocycles. The number of nitrogens with zero attached hydrogens (tertiary/aromatic N) is 2. The molecule has 1 aromatic heterocycles. The normalized spacial score (nSPS) is 10.1. The van der Waals surface area contributed by atoms with Gasteiger partial charge in [-0.2, -0.15) is 4.98 Å². The summed E-state index contributed by atoms with van der Waals surface area (Å²) in [5, 5.41) is 9.96. The van der Waals surface area contributed by atoms with Crippen LogP contribution in [0.5, 0.6) is 0 Å². The SMILES string of the molecule is CCNc1n[nH]c(-c2ccccc2)n1. The molecular formula is C10H12N4. The van der Waals surface area contributed by atoms with Gasteiger partial charge in [0.25, 0.3) is 0 Å². The molecule has 0 aliphatic rings. The van der Waals surface area contributed by atoms with Gasteiger partial charge in [-0.15, -0.1) is 5.10 Å².